The van der Waals surface area contributed by atoms with Gasteiger partial charge in [-0.3, -0.25) is 4.98 Å². The van der Waals surface area contributed by atoms with Crippen LogP contribution in [-0.4, -0.2) is 16.0 Å². The summed E-state index contributed by atoms with van der Waals surface area (Å²) in [6.45, 7) is 10.7. The molecule has 0 spiro atoms. The van der Waals surface area contributed by atoms with Crippen LogP contribution >= 0.6 is 0 Å². The zero-order valence-corrected chi connectivity index (χ0v) is 11.8. The van der Waals surface area contributed by atoms with Gasteiger partial charge in [0.05, 0.1) is 11.2 Å². The molecule has 0 radical (unpaired) electrons. The van der Waals surface area contributed by atoms with Crippen LogP contribution in [-0.2, 0) is 0 Å². The number of aryl methyl sites for hydroxylation is 1. The van der Waals surface area contributed by atoms with E-state index in [4.69, 9.17) is 4.98 Å². The van der Waals surface area contributed by atoms with E-state index >= 15 is 0 Å². The van der Waals surface area contributed by atoms with Gasteiger partial charge in [0.15, 0.2) is 0 Å². The molecule has 18 heavy (non-hydrogen) atoms. The fourth-order valence-corrected chi connectivity index (χ4v) is 2.23. The summed E-state index contributed by atoms with van der Waals surface area (Å²) in [5.41, 5.74) is 3.37. The first-order chi connectivity index (χ1) is 8.50. The van der Waals surface area contributed by atoms with Gasteiger partial charge < -0.3 is 5.32 Å². The van der Waals surface area contributed by atoms with Crippen LogP contribution < -0.4 is 5.32 Å². The van der Waals surface area contributed by atoms with Gasteiger partial charge in [-0.25, -0.2) is 4.98 Å². The smallest absolute Gasteiger partial charge is 0.135 e. The van der Waals surface area contributed by atoms with Crippen molar-refractivity contribution >= 4 is 16.7 Å². The Morgan fingerprint density at radius 1 is 1.17 bits per heavy atom. The lowest BCUT2D eigenvalue weighted by atomic mass is 10.0. The predicted octanol–water partition coefficient (Wildman–Crippen LogP) is 3.88. The Balaban J connectivity index is 2.71. The molecule has 1 N–H and O–H groups in total. The highest BCUT2D eigenvalue weighted by molar-refractivity contribution is 5.91. The van der Waals surface area contributed by atoms with Crippen LogP contribution in [0.3, 0.4) is 0 Å². The van der Waals surface area contributed by atoms with Crippen molar-refractivity contribution in [3.8, 4) is 0 Å². The number of rotatable bonds is 3. The normalized spacial score (nSPS) is 11.5. The monoisotopic (exact) mass is 243 g/mol. The molecule has 2 rings (SSSR count). The van der Waals surface area contributed by atoms with Crippen molar-refractivity contribution in [1.29, 1.82) is 0 Å². The SMILES string of the molecule is Cc1c(C(C)C)nc(NC(C)C)c2cccnc12. The Bertz CT molecular complexity index is 559. The summed E-state index contributed by atoms with van der Waals surface area (Å²) in [4.78, 5) is 9.30. The summed E-state index contributed by atoms with van der Waals surface area (Å²) in [6, 6.07) is 4.41. The summed E-state index contributed by atoms with van der Waals surface area (Å²) in [7, 11) is 0. The fraction of sp³-hybridized carbons (Fsp3) is 0.467. The number of fused-ring (bicyclic) bond motifs is 1. The van der Waals surface area contributed by atoms with E-state index in [2.05, 4.69) is 51.0 Å². The molecule has 0 fully saturated rings. The van der Waals surface area contributed by atoms with Gasteiger partial charge in [-0.2, -0.15) is 0 Å². The van der Waals surface area contributed by atoms with Crippen LogP contribution in [0.25, 0.3) is 10.9 Å². The first-order valence-corrected chi connectivity index (χ1v) is 6.52. The highest BCUT2D eigenvalue weighted by Gasteiger charge is 2.14. The third-order valence-electron chi connectivity index (χ3n) is 3.01. The van der Waals surface area contributed by atoms with Crippen LogP contribution in [0.2, 0.25) is 0 Å². The average Bonchev–Trinajstić information content (AvgIpc) is 2.32. The van der Waals surface area contributed by atoms with Crippen LogP contribution in [0, 0.1) is 6.92 Å². The largest absolute Gasteiger partial charge is 0.367 e. The van der Waals surface area contributed by atoms with Gasteiger partial charge in [0.25, 0.3) is 0 Å². The summed E-state index contributed by atoms with van der Waals surface area (Å²) < 4.78 is 0. The van der Waals surface area contributed by atoms with Crippen molar-refractivity contribution in [1.82, 2.24) is 9.97 Å². The number of hydrogen-bond acceptors (Lipinski definition) is 3. The van der Waals surface area contributed by atoms with E-state index in [1.807, 2.05) is 12.3 Å². The summed E-state index contributed by atoms with van der Waals surface area (Å²) >= 11 is 0. The Morgan fingerprint density at radius 3 is 2.50 bits per heavy atom. The molecule has 2 aromatic rings. The zero-order chi connectivity index (χ0) is 13.3. The standard InChI is InChI=1S/C15H21N3/c1-9(2)13-11(5)14-12(7-6-8-16-14)15(18-13)17-10(3)4/h6-10H,1-5H3,(H,17,18). The lowest BCUT2D eigenvalue weighted by Gasteiger charge is -2.17. The highest BCUT2D eigenvalue weighted by atomic mass is 15.0. The van der Waals surface area contributed by atoms with Crippen LogP contribution in [0.5, 0.6) is 0 Å². The van der Waals surface area contributed by atoms with E-state index in [9.17, 15) is 0 Å². The summed E-state index contributed by atoms with van der Waals surface area (Å²) in [5.74, 6) is 1.35. The van der Waals surface area contributed by atoms with Crippen molar-refractivity contribution in [2.75, 3.05) is 5.32 Å². The Kier molecular flexibility index (Phi) is 3.50. The molecule has 0 saturated heterocycles. The van der Waals surface area contributed by atoms with Crippen molar-refractivity contribution < 1.29 is 0 Å². The Hall–Kier alpha value is -1.64. The van der Waals surface area contributed by atoms with Gasteiger partial charge in [0.1, 0.15) is 5.82 Å². The molecule has 2 aromatic heterocycles. The van der Waals surface area contributed by atoms with Crippen molar-refractivity contribution in [2.24, 2.45) is 0 Å². The van der Waals surface area contributed by atoms with Crippen molar-refractivity contribution in [2.45, 2.75) is 46.6 Å². The molecule has 0 unspecified atom stereocenters. The van der Waals surface area contributed by atoms with Crippen molar-refractivity contribution in [3.63, 3.8) is 0 Å². The minimum atomic E-state index is 0.364. The number of aromatic nitrogens is 2. The number of nitrogens with one attached hydrogen (secondary N) is 1. The van der Waals surface area contributed by atoms with E-state index in [-0.39, 0.29) is 0 Å². The zero-order valence-electron chi connectivity index (χ0n) is 11.8. The van der Waals surface area contributed by atoms with Gasteiger partial charge >= 0.3 is 0 Å². The molecule has 96 valence electrons. The van der Waals surface area contributed by atoms with E-state index in [0.29, 0.717) is 12.0 Å². The van der Waals surface area contributed by atoms with Crippen LogP contribution in [0.4, 0.5) is 5.82 Å². The van der Waals surface area contributed by atoms with Crippen LogP contribution in [0.15, 0.2) is 18.3 Å². The molecule has 2 heterocycles. The highest BCUT2D eigenvalue weighted by Crippen LogP contribution is 2.28. The summed E-state index contributed by atoms with van der Waals surface area (Å²) in [5, 5.41) is 4.52. The minimum absolute atomic E-state index is 0.364. The number of nitrogens with zero attached hydrogens (tertiary/aromatic N) is 2. The fourth-order valence-electron chi connectivity index (χ4n) is 2.23. The quantitative estimate of drug-likeness (QED) is 0.889. The predicted molar refractivity (Wildman–Crippen MR) is 77.1 cm³/mol. The molecular formula is C15H21N3. The van der Waals surface area contributed by atoms with E-state index in [1.54, 1.807) is 0 Å². The molecule has 3 heteroatoms. The molecule has 0 aliphatic rings. The second-order valence-corrected chi connectivity index (χ2v) is 5.32. The van der Waals surface area contributed by atoms with Gasteiger partial charge in [-0.15, -0.1) is 0 Å². The number of anilines is 1. The Morgan fingerprint density at radius 2 is 1.89 bits per heavy atom. The first-order valence-electron chi connectivity index (χ1n) is 6.52. The van der Waals surface area contributed by atoms with Gasteiger partial charge in [0.2, 0.25) is 0 Å². The Labute approximate surface area is 109 Å². The molecule has 0 aliphatic carbocycles. The van der Waals surface area contributed by atoms with E-state index in [0.717, 1.165) is 22.4 Å². The average molecular weight is 243 g/mol. The molecule has 0 aliphatic heterocycles. The molecule has 0 bridgehead atoms. The molecule has 3 nitrogen and oxygen atoms in total. The van der Waals surface area contributed by atoms with E-state index < -0.39 is 0 Å². The first kappa shape index (κ1) is 12.8. The second-order valence-electron chi connectivity index (χ2n) is 5.32. The molecular weight excluding hydrogens is 222 g/mol. The lowest BCUT2D eigenvalue weighted by molar-refractivity contribution is 0.808. The third-order valence-corrected chi connectivity index (χ3v) is 3.01. The third kappa shape index (κ3) is 2.30. The molecule has 0 saturated carbocycles. The van der Waals surface area contributed by atoms with Crippen LogP contribution in [0.1, 0.15) is 44.9 Å². The number of hydrogen-bond donors (Lipinski definition) is 1. The maximum atomic E-state index is 4.79. The maximum absolute atomic E-state index is 4.79. The molecule has 0 atom stereocenters. The molecule has 0 aromatic carbocycles. The lowest BCUT2D eigenvalue weighted by Crippen LogP contribution is -2.13. The van der Waals surface area contributed by atoms with Gasteiger partial charge in [-0.1, -0.05) is 13.8 Å². The second kappa shape index (κ2) is 4.92. The maximum Gasteiger partial charge on any atom is 0.135 e. The van der Waals surface area contributed by atoms with Gasteiger partial charge in [-0.05, 0) is 44.4 Å². The minimum Gasteiger partial charge on any atom is -0.367 e. The topological polar surface area (TPSA) is 37.8 Å². The van der Waals surface area contributed by atoms with Crippen molar-refractivity contribution in [3.05, 3.63) is 29.6 Å². The number of pyridine rings is 2. The molecule has 0 amide bonds. The van der Waals surface area contributed by atoms with Gasteiger partial charge in [0, 0.05) is 17.6 Å². The summed E-state index contributed by atoms with van der Waals surface area (Å²) in [6.07, 6.45) is 1.85. The van der Waals surface area contributed by atoms with E-state index in [1.165, 1.54) is 5.56 Å².